The first-order valence-electron chi connectivity index (χ1n) is 7.25. The van der Waals surface area contributed by atoms with Gasteiger partial charge in [0.2, 0.25) is 0 Å². The lowest BCUT2D eigenvalue weighted by Gasteiger charge is -2.50. The van der Waals surface area contributed by atoms with Gasteiger partial charge < -0.3 is 4.74 Å². The standard InChI is InChI=1S/C16H22ClNO/c1-10(2)18-11(3)9-19-15-7-4-12-8-13(17)5-6-14(12)16(15)18/h5-6,8,10-11,15-16H,4,7,9H2,1-3H3/t11-,15-,16+/m1/s1. The molecule has 3 rings (SSSR count). The number of fused-ring (bicyclic) bond motifs is 3. The Balaban J connectivity index is 2.04. The number of ether oxygens (including phenoxy) is 1. The van der Waals surface area contributed by atoms with Crippen molar-refractivity contribution in [2.45, 2.75) is 57.8 Å². The molecule has 1 heterocycles. The Morgan fingerprint density at radius 3 is 2.89 bits per heavy atom. The summed E-state index contributed by atoms with van der Waals surface area (Å²) in [5.41, 5.74) is 2.82. The molecule has 1 saturated heterocycles. The van der Waals surface area contributed by atoms with E-state index in [1.165, 1.54) is 11.1 Å². The Hall–Kier alpha value is -0.570. The number of halogens is 1. The summed E-state index contributed by atoms with van der Waals surface area (Å²) in [7, 11) is 0. The maximum absolute atomic E-state index is 6.13. The Labute approximate surface area is 120 Å². The molecule has 1 aromatic rings. The highest BCUT2D eigenvalue weighted by molar-refractivity contribution is 6.30. The molecular weight excluding hydrogens is 258 g/mol. The molecule has 0 amide bonds. The molecule has 104 valence electrons. The molecular formula is C16H22ClNO. The molecule has 1 fully saturated rings. The van der Waals surface area contributed by atoms with Crippen LogP contribution in [0.1, 0.15) is 44.4 Å². The van der Waals surface area contributed by atoms with Crippen LogP contribution in [0.15, 0.2) is 18.2 Å². The molecule has 0 bridgehead atoms. The van der Waals surface area contributed by atoms with Gasteiger partial charge in [0.15, 0.2) is 0 Å². The van der Waals surface area contributed by atoms with Gasteiger partial charge in [-0.2, -0.15) is 0 Å². The number of rotatable bonds is 1. The largest absolute Gasteiger partial charge is 0.375 e. The third-order valence-electron chi connectivity index (χ3n) is 4.45. The zero-order valence-corrected chi connectivity index (χ0v) is 12.7. The number of hydrogen-bond donors (Lipinski definition) is 0. The third-order valence-corrected chi connectivity index (χ3v) is 4.69. The molecule has 3 atom stereocenters. The van der Waals surface area contributed by atoms with Gasteiger partial charge in [0.05, 0.1) is 18.8 Å². The molecule has 0 N–H and O–H groups in total. The van der Waals surface area contributed by atoms with Crippen LogP contribution in [-0.4, -0.2) is 29.7 Å². The minimum Gasteiger partial charge on any atom is -0.375 e. The van der Waals surface area contributed by atoms with Crippen molar-refractivity contribution in [2.75, 3.05) is 6.61 Å². The lowest BCUT2D eigenvalue weighted by molar-refractivity contribution is -0.119. The van der Waals surface area contributed by atoms with Crippen LogP contribution in [0, 0.1) is 0 Å². The van der Waals surface area contributed by atoms with Gasteiger partial charge in [0.25, 0.3) is 0 Å². The Morgan fingerprint density at radius 2 is 2.16 bits per heavy atom. The lowest BCUT2D eigenvalue weighted by Crippen LogP contribution is -2.54. The summed E-state index contributed by atoms with van der Waals surface area (Å²) in [6.45, 7) is 7.68. The Morgan fingerprint density at radius 1 is 1.37 bits per heavy atom. The van der Waals surface area contributed by atoms with Crippen LogP contribution < -0.4 is 0 Å². The van der Waals surface area contributed by atoms with Crippen molar-refractivity contribution in [3.05, 3.63) is 34.3 Å². The fourth-order valence-corrected chi connectivity index (χ4v) is 3.91. The first-order valence-corrected chi connectivity index (χ1v) is 7.63. The van der Waals surface area contributed by atoms with E-state index in [1.807, 2.05) is 6.07 Å². The summed E-state index contributed by atoms with van der Waals surface area (Å²) in [6.07, 6.45) is 2.53. The summed E-state index contributed by atoms with van der Waals surface area (Å²) in [5.74, 6) is 0. The minimum atomic E-state index is 0.340. The smallest absolute Gasteiger partial charge is 0.0776 e. The summed E-state index contributed by atoms with van der Waals surface area (Å²) >= 11 is 6.13. The molecule has 0 unspecified atom stereocenters. The fourth-order valence-electron chi connectivity index (χ4n) is 3.72. The van der Waals surface area contributed by atoms with Gasteiger partial charge in [-0.3, -0.25) is 4.90 Å². The van der Waals surface area contributed by atoms with E-state index >= 15 is 0 Å². The van der Waals surface area contributed by atoms with Crippen molar-refractivity contribution in [1.29, 1.82) is 0 Å². The van der Waals surface area contributed by atoms with E-state index in [0.717, 1.165) is 24.5 Å². The number of benzene rings is 1. The molecule has 0 saturated carbocycles. The van der Waals surface area contributed by atoms with E-state index in [1.54, 1.807) is 0 Å². The van der Waals surface area contributed by atoms with Crippen molar-refractivity contribution in [2.24, 2.45) is 0 Å². The Bertz CT molecular complexity index is 474. The second-order valence-corrected chi connectivity index (χ2v) is 6.52. The molecule has 0 radical (unpaired) electrons. The van der Waals surface area contributed by atoms with E-state index in [9.17, 15) is 0 Å². The van der Waals surface area contributed by atoms with Gasteiger partial charge in [0, 0.05) is 17.1 Å². The predicted molar refractivity (Wildman–Crippen MR) is 78.7 cm³/mol. The normalized spacial score (nSPS) is 31.1. The van der Waals surface area contributed by atoms with Crippen LogP contribution in [0.3, 0.4) is 0 Å². The van der Waals surface area contributed by atoms with Crippen LogP contribution in [0.2, 0.25) is 5.02 Å². The van der Waals surface area contributed by atoms with E-state index in [2.05, 4.69) is 37.8 Å². The monoisotopic (exact) mass is 279 g/mol. The quantitative estimate of drug-likeness (QED) is 0.775. The lowest BCUT2D eigenvalue weighted by atomic mass is 9.82. The maximum Gasteiger partial charge on any atom is 0.0776 e. The van der Waals surface area contributed by atoms with E-state index in [4.69, 9.17) is 16.3 Å². The summed E-state index contributed by atoms with van der Waals surface area (Å²) in [5, 5.41) is 0.845. The molecule has 1 aliphatic carbocycles. The number of aryl methyl sites for hydroxylation is 1. The van der Waals surface area contributed by atoms with Crippen molar-refractivity contribution in [3.8, 4) is 0 Å². The first-order chi connectivity index (χ1) is 9.08. The van der Waals surface area contributed by atoms with Crippen molar-refractivity contribution in [3.63, 3.8) is 0 Å². The number of morpholine rings is 1. The summed E-state index contributed by atoms with van der Waals surface area (Å²) < 4.78 is 6.09. The first kappa shape index (κ1) is 13.4. The van der Waals surface area contributed by atoms with Crippen LogP contribution in [0.4, 0.5) is 0 Å². The van der Waals surface area contributed by atoms with Gasteiger partial charge in [-0.15, -0.1) is 0 Å². The minimum absolute atomic E-state index is 0.340. The molecule has 1 aliphatic heterocycles. The maximum atomic E-state index is 6.13. The Kier molecular flexibility index (Phi) is 3.59. The average Bonchev–Trinajstić information content (AvgIpc) is 2.37. The highest BCUT2D eigenvalue weighted by atomic mass is 35.5. The van der Waals surface area contributed by atoms with Crippen molar-refractivity contribution >= 4 is 11.6 Å². The number of nitrogens with zero attached hydrogens (tertiary/aromatic N) is 1. The van der Waals surface area contributed by atoms with Gasteiger partial charge in [0.1, 0.15) is 0 Å². The van der Waals surface area contributed by atoms with Crippen LogP contribution in [0.5, 0.6) is 0 Å². The van der Waals surface area contributed by atoms with Gasteiger partial charge in [-0.1, -0.05) is 17.7 Å². The molecule has 2 aliphatic rings. The van der Waals surface area contributed by atoms with E-state index < -0.39 is 0 Å². The van der Waals surface area contributed by atoms with Gasteiger partial charge in [-0.25, -0.2) is 0 Å². The fraction of sp³-hybridized carbons (Fsp3) is 0.625. The molecule has 0 aromatic heterocycles. The van der Waals surface area contributed by atoms with E-state index in [-0.39, 0.29) is 0 Å². The zero-order chi connectivity index (χ0) is 13.6. The van der Waals surface area contributed by atoms with Gasteiger partial charge in [-0.05, 0) is 56.9 Å². The predicted octanol–water partition coefficient (Wildman–Crippen LogP) is 3.83. The molecule has 2 nitrogen and oxygen atoms in total. The molecule has 1 aromatic carbocycles. The van der Waals surface area contributed by atoms with Crippen LogP contribution in [-0.2, 0) is 11.2 Å². The SMILES string of the molecule is CC(C)N1[C@H](C)CO[C@@H]2CCc3cc(Cl)ccc3[C@@H]21. The van der Waals surface area contributed by atoms with Gasteiger partial charge >= 0.3 is 0 Å². The second kappa shape index (κ2) is 5.08. The molecule has 0 spiro atoms. The molecule has 19 heavy (non-hydrogen) atoms. The second-order valence-electron chi connectivity index (χ2n) is 6.09. The highest BCUT2D eigenvalue weighted by Gasteiger charge is 2.41. The topological polar surface area (TPSA) is 12.5 Å². The van der Waals surface area contributed by atoms with Crippen molar-refractivity contribution < 1.29 is 4.74 Å². The summed E-state index contributed by atoms with van der Waals surface area (Å²) in [6, 6.07) is 7.75. The zero-order valence-electron chi connectivity index (χ0n) is 11.9. The number of hydrogen-bond acceptors (Lipinski definition) is 2. The summed E-state index contributed by atoms with van der Waals surface area (Å²) in [4.78, 5) is 2.61. The van der Waals surface area contributed by atoms with Crippen LogP contribution >= 0.6 is 11.6 Å². The average molecular weight is 280 g/mol. The highest BCUT2D eigenvalue weighted by Crippen LogP contribution is 2.41. The van der Waals surface area contributed by atoms with Crippen molar-refractivity contribution in [1.82, 2.24) is 4.90 Å². The third kappa shape index (κ3) is 2.31. The molecule has 3 heteroatoms. The van der Waals surface area contributed by atoms with Crippen LogP contribution in [0.25, 0.3) is 0 Å². The van der Waals surface area contributed by atoms with E-state index in [0.29, 0.717) is 24.2 Å².